The van der Waals surface area contributed by atoms with Crippen LogP contribution in [0.3, 0.4) is 0 Å². The summed E-state index contributed by atoms with van der Waals surface area (Å²) in [5.41, 5.74) is 1.31. The predicted molar refractivity (Wildman–Crippen MR) is 83.8 cm³/mol. The Balaban J connectivity index is 1.95. The highest BCUT2D eigenvalue weighted by molar-refractivity contribution is 5.84. The topological polar surface area (TPSA) is 74.5 Å². The first-order valence-corrected chi connectivity index (χ1v) is 7.02. The molecule has 2 aromatic rings. The molecule has 0 aliphatic rings. The third-order valence-electron chi connectivity index (χ3n) is 3.03. The van der Waals surface area contributed by atoms with Crippen molar-refractivity contribution in [2.24, 2.45) is 5.10 Å². The van der Waals surface area contributed by atoms with E-state index in [4.69, 9.17) is 10.00 Å². The molecule has 0 aliphatic heterocycles. The van der Waals surface area contributed by atoms with E-state index in [2.05, 4.69) is 10.5 Å². The van der Waals surface area contributed by atoms with Gasteiger partial charge < -0.3 is 4.74 Å². The Morgan fingerprint density at radius 2 is 1.88 bits per heavy atom. The molecule has 0 bridgehead atoms. The first kappa shape index (κ1) is 18.0. The van der Waals surface area contributed by atoms with E-state index < -0.39 is 24.3 Å². The predicted octanol–water partition coefficient (Wildman–Crippen LogP) is 3.11. The van der Waals surface area contributed by atoms with E-state index in [0.29, 0.717) is 0 Å². The monoisotopic (exact) mass is 347 g/mol. The minimum absolute atomic E-state index is 0.175. The SMILES string of the molecule is N#Cc1ccccc1OCC(=O)N/N=C/c1ccccc1C(F)(F)F. The highest BCUT2D eigenvalue weighted by Gasteiger charge is 2.32. The second-order valence-corrected chi connectivity index (χ2v) is 4.77. The number of carbonyl (C=O) groups excluding carboxylic acids is 1. The second-order valence-electron chi connectivity index (χ2n) is 4.77. The van der Waals surface area contributed by atoms with Gasteiger partial charge in [-0.1, -0.05) is 30.3 Å². The van der Waals surface area contributed by atoms with Gasteiger partial charge in [0.25, 0.3) is 5.91 Å². The van der Waals surface area contributed by atoms with Crippen LogP contribution in [-0.2, 0) is 11.0 Å². The van der Waals surface area contributed by atoms with E-state index in [0.717, 1.165) is 12.3 Å². The number of hydrogen-bond acceptors (Lipinski definition) is 4. The standard InChI is InChI=1S/C17H12F3N3O2/c18-17(19,20)14-7-3-1-6-13(14)10-22-23-16(24)11-25-15-8-4-2-5-12(15)9-21/h1-8,10H,11H2,(H,23,24)/b22-10+. The fraction of sp³-hybridized carbons (Fsp3) is 0.118. The van der Waals surface area contributed by atoms with E-state index in [1.54, 1.807) is 12.1 Å². The zero-order valence-electron chi connectivity index (χ0n) is 12.7. The van der Waals surface area contributed by atoms with Gasteiger partial charge in [-0.3, -0.25) is 4.79 Å². The molecule has 0 aromatic heterocycles. The number of amides is 1. The van der Waals surface area contributed by atoms with Gasteiger partial charge in [-0.2, -0.15) is 23.5 Å². The van der Waals surface area contributed by atoms with Crippen LogP contribution in [0.15, 0.2) is 53.6 Å². The van der Waals surface area contributed by atoms with Crippen LogP contribution in [0.4, 0.5) is 13.2 Å². The van der Waals surface area contributed by atoms with Crippen molar-refractivity contribution >= 4 is 12.1 Å². The Hall–Kier alpha value is -3.34. The third kappa shape index (κ3) is 5.07. The number of benzene rings is 2. The summed E-state index contributed by atoms with van der Waals surface area (Å²) in [5.74, 6) is -0.444. The lowest BCUT2D eigenvalue weighted by Crippen LogP contribution is -2.25. The third-order valence-corrected chi connectivity index (χ3v) is 3.03. The second kappa shape index (κ2) is 7.97. The van der Waals surface area contributed by atoms with Gasteiger partial charge in [-0.25, -0.2) is 5.43 Å². The molecule has 0 radical (unpaired) electrons. The molecule has 2 aromatic carbocycles. The first-order valence-electron chi connectivity index (χ1n) is 7.02. The van der Waals surface area contributed by atoms with Gasteiger partial charge >= 0.3 is 6.18 Å². The zero-order valence-corrected chi connectivity index (χ0v) is 12.7. The molecular formula is C17H12F3N3O2. The lowest BCUT2D eigenvalue weighted by Gasteiger charge is -2.09. The van der Waals surface area contributed by atoms with Crippen LogP contribution in [0.5, 0.6) is 5.75 Å². The van der Waals surface area contributed by atoms with E-state index in [-0.39, 0.29) is 16.9 Å². The van der Waals surface area contributed by atoms with Gasteiger partial charge in [-0.05, 0) is 18.2 Å². The van der Waals surface area contributed by atoms with Gasteiger partial charge in [0.15, 0.2) is 6.61 Å². The number of rotatable bonds is 5. The molecular weight excluding hydrogens is 335 g/mol. The van der Waals surface area contributed by atoms with Crippen LogP contribution >= 0.6 is 0 Å². The molecule has 25 heavy (non-hydrogen) atoms. The maximum atomic E-state index is 12.8. The van der Waals surface area contributed by atoms with Gasteiger partial charge in [0.05, 0.1) is 17.3 Å². The Morgan fingerprint density at radius 1 is 1.20 bits per heavy atom. The molecule has 0 unspecified atom stereocenters. The number of nitrogens with one attached hydrogen (secondary N) is 1. The average Bonchev–Trinajstić information content (AvgIpc) is 2.59. The number of alkyl halides is 3. The molecule has 0 atom stereocenters. The van der Waals surface area contributed by atoms with Gasteiger partial charge in [0, 0.05) is 5.56 Å². The smallest absolute Gasteiger partial charge is 0.417 e. The molecule has 5 nitrogen and oxygen atoms in total. The fourth-order valence-corrected chi connectivity index (χ4v) is 1.90. The molecule has 2 rings (SSSR count). The largest absolute Gasteiger partial charge is 0.482 e. The summed E-state index contributed by atoms with van der Waals surface area (Å²) in [6, 6.07) is 13.1. The van der Waals surface area contributed by atoms with Gasteiger partial charge in [0.2, 0.25) is 0 Å². The van der Waals surface area contributed by atoms with Crippen LogP contribution in [-0.4, -0.2) is 18.7 Å². The number of carbonyl (C=O) groups is 1. The van der Waals surface area contributed by atoms with E-state index in [1.807, 2.05) is 6.07 Å². The minimum Gasteiger partial charge on any atom is -0.482 e. The maximum absolute atomic E-state index is 12.8. The number of ether oxygens (including phenoxy) is 1. The first-order chi connectivity index (χ1) is 11.9. The molecule has 1 N–H and O–H groups in total. The summed E-state index contributed by atoms with van der Waals surface area (Å²) in [4.78, 5) is 11.6. The molecule has 0 spiro atoms. The lowest BCUT2D eigenvalue weighted by atomic mass is 10.1. The van der Waals surface area contributed by atoms with Crippen LogP contribution in [0.1, 0.15) is 16.7 Å². The number of nitriles is 1. The average molecular weight is 347 g/mol. The summed E-state index contributed by atoms with van der Waals surface area (Å²) in [6.45, 7) is -0.434. The van der Waals surface area contributed by atoms with Gasteiger partial charge in [0.1, 0.15) is 11.8 Å². The molecule has 0 saturated heterocycles. The number of halogens is 3. The Kier molecular flexibility index (Phi) is 5.74. The summed E-state index contributed by atoms with van der Waals surface area (Å²) in [6.07, 6.45) is -3.61. The van der Waals surface area contributed by atoms with Gasteiger partial charge in [-0.15, -0.1) is 0 Å². The summed E-state index contributed by atoms with van der Waals surface area (Å²) < 4.78 is 43.6. The summed E-state index contributed by atoms with van der Waals surface area (Å²) in [7, 11) is 0. The molecule has 8 heteroatoms. The molecule has 0 fully saturated rings. The van der Waals surface area contributed by atoms with Crippen molar-refractivity contribution in [2.75, 3.05) is 6.61 Å². The van der Waals surface area contributed by atoms with Crippen molar-refractivity contribution in [3.63, 3.8) is 0 Å². The molecule has 128 valence electrons. The Bertz CT molecular complexity index is 826. The number of hydrogen-bond donors (Lipinski definition) is 1. The Morgan fingerprint density at radius 3 is 2.60 bits per heavy atom. The molecule has 0 saturated carbocycles. The van der Waals surface area contributed by atoms with Crippen molar-refractivity contribution in [1.29, 1.82) is 5.26 Å². The van der Waals surface area contributed by atoms with E-state index in [1.165, 1.54) is 30.3 Å². The van der Waals surface area contributed by atoms with Crippen LogP contribution in [0, 0.1) is 11.3 Å². The van der Waals surface area contributed by atoms with Crippen LogP contribution < -0.4 is 10.2 Å². The highest BCUT2D eigenvalue weighted by atomic mass is 19.4. The zero-order chi connectivity index (χ0) is 18.3. The normalized spacial score (nSPS) is 11.1. The van der Waals surface area contributed by atoms with Crippen molar-refractivity contribution in [3.8, 4) is 11.8 Å². The molecule has 1 amide bonds. The number of nitrogens with zero attached hydrogens (tertiary/aromatic N) is 2. The van der Waals surface area contributed by atoms with Crippen LogP contribution in [0.2, 0.25) is 0 Å². The fourth-order valence-electron chi connectivity index (χ4n) is 1.90. The summed E-state index contributed by atoms with van der Waals surface area (Å²) in [5, 5.41) is 12.4. The minimum atomic E-state index is -4.52. The summed E-state index contributed by atoms with van der Waals surface area (Å²) >= 11 is 0. The van der Waals surface area contributed by atoms with Crippen LogP contribution in [0.25, 0.3) is 0 Å². The van der Waals surface area contributed by atoms with Crippen molar-refractivity contribution in [3.05, 3.63) is 65.2 Å². The Labute approximate surface area is 141 Å². The van der Waals surface area contributed by atoms with Crippen molar-refractivity contribution in [1.82, 2.24) is 5.43 Å². The quantitative estimate of drug-likeness (QED) is 0.667. The number of para-hydroxylation sites is 1. The lowest BCUT2D eigenvalue weighted by molar-refractivity contribution is -0.137. The van der Waals surface area contributed by atoms with E-state index in [9.17, 15) is 18.0 Å². The molecule has 0 aliphatic carbocycles. The van der Waals surface area contributed by atoms with E-state index >= 15 is 0 Å². The highest BCUT2D eigenvalue weighted by Crippen LogP contribution is 2.31. The van der Waals surface area contributed by atoms with Crippen molar-refractivity contribution in [2.45, 2.75) is 6.18 Å². The maximum Gasteiger partial charge on any atom is 0.417 e. The molecule has 0 heterocycles. The number of hydrazone groups is 1. The van der Waals surface area contributed by atoms with Crippen molar-refractivity contribution < 1.29 is 22.7 Å².